The number of aliphatic hydroxyl groups is 1. The molecular weight excluding hydrogens is 258 g/mol. The molecule has 0 heterocycles. The van der Waals surface area contributed by atoms with Crippen molar-refractivity contribution in [3.05, 3.63) is 29.8 Å². The van der Waals surface area contributed by atoms with Gasteiger partial charge in [0, 0.05) is 26.4 Å². The normalized spacial score (nSPS) is 9.60. The third-order valence-corrected chi connectivity index (χ3v) is 2.51. The predicted octanol–water partition coefficient (Wildman–Crippen LogP) is 2.25. The number of rotatable bonds is 7. The lowest BCUT2D eigenvalue weighted by Crippen LogP contribution is -2.08. The molecule has 1 aromatic carbocycles. The molecule has 0 aliphatic carbocycles. The summed E-state index contributed by atoms with van der Waals surface area (Å²) in [5, 5.41) is 16.8. The van der Waals surface area contributed by atoms with Crippen LogP contribution in [0, 0.1) is 0 Å². The summed E-state index contributed by atoms with van der Waals surface area (Å²) in [6, 6.07) is 6.75. The van der Waals surface area contributed by atoms with Gasteiger partial charge in [-0.2, -0.15) is 0 Å². The second-order valence-corrected chi connectivity index (χ2v) is 4.44. The van der Waals surface area contributed by atoms with Crippen LogP contribution in [-0.4, -0.2) is 50.1 Å². The smallest absolute Gasteiger partial charge is 0.335 e. The van der Waals surface area contributed by atoms with Gasteiger partial charge in [0.25, 0.3) is 0 Å². The first-order valence-electron chi connectivity index (χ1n) is 6.72. The lowest BCUT2D eigenvalue weighted by atomic mass is 10.2. The molecule has 1 rings (SSSR count). The van der Waals surface area contributed by atoms with Gasteiger partial charge in [0.15, 0.2) is 0 Å². The van der Waals surface area contributed by atoms with Crippen molar-refractivity contribution in [2.24, 2.45) is 0 Å². The molecule has 0 spiro atoms. The molecule has 0 aliphatic rings. The van der Waals surface area contributed by atoms with Gasteiger partial charge < -0.3 is 19.8 Å². The quantitative estimate of drug-likeness (QED) is 0.751. The topological polar surface area (TPSA) is 70.0 Å². The minimum atomic E-state index is -0.889. The molecule has 0 amide bonds. The van der Waals surface area contributed by atoms with E-state index in [9.17, 15) is 4.79 Å². The van der Waals surface area contributed by atoms with Gasteiger partial charge in [0.05, 0.1) is 18.8 Å². The number of carboxylic acids is 1. The van der Waals surface area contributed by atoms with E-state index in [0.29, 0.717) is 12.2 Å². The molecular formula is C15H25NO4. The summed E-state index contributed by atoms with van der Waals surface area (Å²) >= 11 is 0. The van der Waals surface area contributed by atoms with Crippen LogP contribution in [0.25, 0.3) is 0 Å². The molecule has 0 bridgehead atoms. The van der Waals surface area contributed by atoms with E-state index in [0.717, 1.165) is 25.1 Å². The van der Waals surface area contributed by atoms with Crippen LogP contribution < -0.4 is 4.90 Å². The largest absolute Gasteiger partial charge is 0.478 e. The Morgan fingerprint density at radius 3 is 2.20 bits per heavy atom. The molecule has 114 valence electrons. The fourth-order valence-corrected chi connectivity index (χ4v) is 1.32. The van der Waals surface area contributed by atoms with E-state index in [1.165, 1.54) is 0 Å². The number of aromatic carboxylic acids is 1. The second kappa shape index (κ2) is 11.3. The standard InChI is InChI=1S/C9H11NO2.C6H14O2/c1-10(2)8-5-3-7(4-6-8)9(11)12;1-2-3-5-8-6-4-7/h3-6H,1-2H3,(H,11,12);7H,2-6H2,1H3. The Hall–Kier alpha value is -1.59. The van der Waals surface area contributed by atoms with E-state index in [4.69, 9.17) is 14.9 Å². The Labute approximate surface area is 120 Å². The van der Waals surface area contributed by atoms with Crippen LogP contribution in [-0.2, 0) is 4.74 Å². The number of carbonyl (C=O) groups is 1. The second-order valence-electron chi connectivity index (χ2n) is 4.44. The summed E-state index contributed by atoms with van der Waals surface area (Å²) in [4.78, 5) is 12.4. The zero-order chi connectivity index (χ0) is 15.4. The molecule has 5 nitrogen and oxygen atoms in total. The Balaban J connectivity index is 0.000000396. The number of hydrogen-bond acceptors (Lipinski definition) is 4. The predicted molar refractivity (Wildman–Crippen MR) is 80.5 cm³/mol. The van der Waals surface area contributed by atoms with Crippen LogP contribution in [0.4, 0.5) is 5.69 Å². The number of carboxylic acid groups (broad SMARTS) is 1. The third-order valence-electron chi connectivity index (χ3n) is 2.51. The molecule has 0 radical (unpaired) electrons. The first-order valence-corrected chi connectivity index (χ1v) is 6.72. The van der Waals surface area contributed by atoms with Crippen molar-refractivity contribution < 1.29 is 19.7 Å². The minimum absolute atomic E-state index is 0.143. The zero-order valence-electron chi connectivity index (χ0n) is 12.5. The van der Waals surface area contributed by atoms with E-state index in [-0.39, 0.29) is 6.61 Å². The number of unbranched alkanes of at least 4 members (excludes halogenated alkanes) is 1. The highest BCUT2D eigenvalue weighted by Gasteiger charge is 2.01. The maximum atomic E-state index is 10.5. The molecule has 1 aromatic rings. The molecule has 0 saturated carbocycles. The fourth-order valence-electron chi connectivity index (χ4n) is 1.32. The average Bonchev–Trinajstić information content (AvgIpc) is 2.44. The Bertz CT molecular complexity index is 357. The maximum absolute atomic E-state index is 10.5. The number of ether oxygens (including phenoxy) is 1. The van der Waals surface area contributed by atoms with Crippen molar-refractivity contribution in [1.82, 2.24) is 0 Å². The molecule has 0 unspecified atom stereocenters. The molecule has 0 fully saturated rings. The van der Waals surface area contributed by atoms with Gasteiger partial charge >= 0.3 is 5.97 Å². The van der Waals surface area contributed by atoms with E-state index >= 15 is 0 Å². The third kappa shape index (κ3) is 8.50. The summed E-state index contributed by atoms with van der Waals surface area (Å²) in [6.07, 6.45) is 2.26. The van der Waals surface area contributed by atoms with Gasteiger partial charge in [-0.25, -0.2) is 4.79 Å². The highest BCUT2D eigenvalue weighted by molar-refractivity contribution is 5.88. The molecule has 5 heteroatoms. The highest BCUT2D eigenvalue weighted by atomic mass is 16.5. The van der Waals surface area contributed by atoms with E-state index < -0.39 is 5.97 Å². The molecule has 0 atom stereocenters. The number of hydrogen-bond donors (Lipinski definition) is 2. The van der Waals surface area contributed by atoms with Crippen molar-refractivity contribution >= 4 is 11.7 Å². The maximum Gasteiger partial charge on any atom is 0.335 e. The summed E-state index contributed by atoms with van der Waals surface area (Å²) in [5.41, 5.74) is 1.32. The van der Waals surface area contributed by atoms with Crippen LogP contribution in [0.1, 0.15) is 30.1 Å². The number of benzene rings is 1. The summed E-state index contributed by atoms with van der Waals surface area (Å²) in [6.45, 7) is 3.53. The lowest BCUT2D eigenvalue weighted by Gasteiger charge is -2.11. The molecule has 20 heavy (non-hydrogen) atoms. The number of aliphatic hydroxyl groups excluding tert-OH is 1. The summed E-state index contributed by atoms with van der Waals surface area (Å²) < 4.78 is 4.97. The van der Waals surface area contributed by atoms with Gasteiger partial charge in [0.1, 0.15) is 0 Å². The Morgan fingerprint density at radius 2 is 1.80 bits per heavy atom. The average molecular weight is 283 g/mol. The molecule has 0 aliphatic heterocycles. The SMILES string of the molecule is CCCCOCCO.CN(C)c1ccc(C(=O)O)cc1. The van der Waals surface area contributed by atoms with Gasteiger partial charge in [0.2, 0.25) is 0 Å². The van der Waals surface area contributed by atoms with E-state index in [1.54, 1.807) is 24.3 Å². The first-order chi connectivity index (χ1) is 9.52. The van der Waals surface area contributed by atoms with Crippen LogP contribution in [0.5, 0.6) is 0 Å². The fraction of sp³-hybridized carbons (Fsp3) is 0.533. The van der Waals surface area contributed by atoms with Crippen molar-refractivity contribution in [1.29, 1.82) is 0 Å². The zero-order valence-corrected chi connectivity index (χ0v) is 12.5. The number of nitrogens with zero attached hydrogens (tertiary/aromatic N) is 1. The summed E-state index contributed by atoms with van der Waals surface area (Å²) in [5.74, 6) is -0.889. The minimum Gasteiger partial charge on any atom is -0.478 e. The lowest BCUT2D eigenvalue weighted by molar-refractivity contribution is 0.0697. The number of anilines is 1. The monoisotopic (exact) mass is 283 g/mol. The van der Waals surface area contributed by atoms with Crippen LogP contribution in [0.2, 0.25) is 0 Å². The highest BCUT2D eigenvalue weighted by Crippen LogP contribution is 2.11. The van der Waals surface area contributed by atoms with E-state index in [2.05, 4.69) is 6.92 Å². The van der Waals surface area contributed by atoms with Crippen molar-refractivity contribution in [2.75, 3.05) is 38.8 Å². The molecule has 0 saturated heterocycles. The van der Waals surface area contributed by atoms with Gasteiger partial charge in [-0.05, 0) is 30.7 Å². The van der Waals surface area contributed by atoms with Gasteiger partial charge in [-0.1, -0.05) is 13.3 Å². The van der Waals surface area contributed by atoms with Gasteiger partial charge in [-0.3, -0.25) is 0 Å². The van der Waals surface area contributed by atoms with Crippen molar-refractivity contribution in [3.8, 4) is 0 Å². The van der Waals surface area contributed by atoms with Crippen molar-refractivity contribution in [3.63, 3.8) is 0 Å². The Kier molecular flexibility index (Phi) is 10.4. The first kappa shape index (κ1) is 18.4. The van der Waals surface area contributed by atoms with E-state index in [1.807, 2.05) is 19.0 Å². The van der Waals surface area contributed by atoms with Crippen LogP contribution >= 0.6 is 0 Å². The van der Waals surface area contributed by atoms with Crippen LogP contribution in [0.3, 0.4) is 0 Å². The van der Waals surface area contributed by atoms with Gasteiger partial charge in [-0.15, -0.1) is 0 Å². The molecule has 2 N–H and O–H groups in total. The van der Waals surface area contributed by atoms with Crippen molar-refractivity contribution in [2.45, 2.75) is 19.8 Å². The molecule has 0 aromatic heterocycles. The summed E-state index contributed by atoms with van der Waals surface area (Å²) in [7, 11) is 3.82. The van der Waals surface area contributed by atoms with Crippen LogP contribution in [0.15, 0.2) is 24.3 Å². The Morgan fingerprint density at radius 1 is 1.20 bits per heavy atom.